The minimum absolute atomic E-state index is 0.00239. The van der Waals surface area contributed by atoms with Gasteiger partial charge >= 0.3 is 0 Å². The predicted molar refractivity (Wildman–Crippen MR) is 122 cm³/mol. The number of nitrogens with zero attached hydrogens (tertiary/aromatic N) is 4. The average Bonchev–Trinajstić information content (AvgIpc) is 3.38. The number of aliphatic hydroxyl groups is 1. The van der Waals surface area contributed by atoms with Crippen LogP contribution in [0.1, 0.15) is 64.7 Å². The lowest BCUT2D eigenvalue weighted by atomic mass is 9.49. The molecular formula is C26H34F2N4O2. The number of carbonyl (C=O) groups excluding carboxylic acids is 1. The van der Waals surface area contributed by atoms with Crippen LogP contribution in [0, 0.1) is 40.9 Å². The molecule has 4 saturated carbocycles. The lowest BCUT2D eigenvalue weighted by molar-refractivity contribution is -0.160. The zero-order valence-corrected chi connectivity index (χ0v) is 19.7. The fraction of sp³-hybridized carbons (Fsp3) is 0.769. The number of Topliss-reactive ketones (excluding diaryl/α,β-unsaturated/α-hetero) is 1. The number of ketones is 1. The molecule has 6 nitrogen and oxygen atoms in total. The van der Waals surface area contributed by atoms with Gasteiger partial charge in [-0.25, -0.2) is 8.78 Å². The SMILES string of the molecule is C[C@]12CC[C@H]3[C@@H](CC[C@@H]4C[C@@](O)(C(F)F)CC[C@@H]43)[C@@H]1CCC2C(=O)Cn1nc2ccncc2n1. The summed E-state index contributed by atoms with van der Waals surface area (Å²) in [6, 6.07) is 1.81. The summed E-state index contributed by atoms with van der Waals surface area (Å²) in [6.45, 7) is 2.52. The van der Waals surface area contributed by atoms with Crippen LogP contribution in [-0.2, 0) is 11.3 Å². The molecule has 0 aliphatic heterocycles. The number of hydrogen-bond donors (Lipinski definition) is 1. The Morgan fingerprint density at radius 2 is 1.88 bits per heavy atom. The van der Waals surface area contributed by atoms with Gasteiger partial charge in [0.25, 0.3) is 6.43 Å². The zero-order chi connectivity index (χ0) is 23.7. The first kappa shape index (κ1) is 22.5. The number of rotatable bonds is 4. The van der Waals surface area contributed by atoms with Crippen LogP contribution in [0.25, 0.3) is 11.0 Å². The van der Waals surface area contributed by atoms with Gasteiger partial charge in [0, 0.05) is 12.1 Å². The van der Waals surface area contributed by atoms with Gasteiger partial charge in [-0.1, -0.05) is 6.92 Å². The second-order valence-electron chi connectivity index (χ2n) is 11.8. The lowest BCUT2D eigenvalue weighted by Gasteiger charge is -2.57. The average molecular weight is 473 g/mol. The maximum Gasteiger partial charge on any atom is 0.266 e. The molecule has 184 valence electrons. The van der Waals surface area contributed by atoms with Crippen molar-refractivity contribution in [2.24, 2.45) is 40.9 Å². The van der Waals surface area contributed by atoms with Crippen molar-refractivity contribution in [3.05, 3.63) is 18.5 Å². The van der Waals surface area contributed by atoms with Crippen molar-refractivity contribution in [3.8, 4) is 0 Å². The molecule has 8 heteroatoms. The van der Waals surface area contributed by atoms with E-state index in [1.54, 1.807) is 18.5 Å². The Labute approximate surface area is 198 Å². The third-order valence-corrected chi connectivity index (χ3v) is 10.4. The molecule has 0 radical (unpaired) electrons. The first-order valence-electron chi connectivity index (χ1n) is 13.0. The first-order valence-corrected chi connectivity index (χ1v) is 13.0. The van der Waals surface area contributed by atoms with E-state index < -0.39 is 12.0 Å². The van der Waals surface area contributed by atoms with E-state index in [1.165, 1.54) is 4.80 Å². The highest BCUT2D eigenvalue weighted by Gasteiger charge is 2.59. The largest absolute Gasteiger partial charge is 0.384 e. The van der Waals surface area contributed by atoms with Crippen LogP contribution >= 0.6 is 0 Å². The Morgan fingerprint density at radius 3 is 2.68 bits per heavy atom. The highest BCUT2D eigenvalue weighted by atomic mass is 19.3. The summed E-state index contributed by atoms with van der Waals surface area (Å²) in [6.07, 6.45) is 7.96. The standard InChI is InChI=1S/C26H34F2N4O2/c1-25-9-6-17-16-7-10-26(34,24(27)28)12-15(16)2-3-18(17)19(25)4-5-20(25)23(33)14-32-30-21-8-11-29-13-22(21)31-32/h8,11,13,15-20,24,34H,2-7,9-10,12,14H2,1H3/t15-,16+,17-,18-,19+,20?,25+,26-/m1/s1. The second-order valence-corrected chi connectivity index (χ2v) is 11.8. The van der Waals surface area contributed by atoms with Crippen molar-refractivity contribution in [3.63, 3.8) is 0 Å². The summed E-state index contributed by atoms with van der Waals surface area (Å²) in [4.78, 5) is 19.1. The van der Waals surface area contributed by atoms with Crippen molar-refractivity contribution >= 4 is 16.8 Å². The highest BCUT2D eigenvalue weighted by molar-refractivity contribution is 5.82. The summed E-state index contributed by atoms with van der Waals surface area (Å²) in [5.74, 6) is 2.57. The Balaban J connectivity index is 1.17. The van der Waals surface area contributed by atoms with Crippen LogP contribution in [0.3, 0.4) is 0 Å². The van der Waals surface area contributed by atoms with Gasteiger partial charge in [0.15, 0.2) is 5.78 Å². The van der Waals surface area contributed by atoms with Crippen molar-refractivity contribution in [2.45, 2.75) is 83.3 Å². The van der Waals surface area contributed by atoms with Gasteiger partial charge in [0.05, 0.1) is 6.20 Å². The number of fused-ring (bicyclic) bond motifs is 6. The van der Waals surface area contributed by atoms with E-state index in [-0.39, 0.29) is 42.4 Å². The molecule has 4 aliphatic carbocycles. The lowest BCUT2D eigenvalue weighted by Crippen LogP contribution is -2.53. The van der Waals surface area contributed by atoms with E-state index in [0.29, 0.717) is 35.6 Å². The summed E-state index contributed by atoms with van der Waals surface area (Å²) < 4.78 is 26.9. The van der Waals surface area contributed by atoms with Gasteiger partial charge in [-0.15, -0.1) is 0 Å². The molecule has 6 rings (SSSR count). The molecule has 0 aromatic carbocycles. The molecule has 2 heterocycles. The van der Waals surface area contributed by atoms with Gasteiger partial charge in [-0.3, -0.25) is 9.78 Å². The summed E-state index contributed by atoms with van der Waals surface area (Å²) >= 11 is 0. The molecule has 1 N–H and O–H groups in total. The van der Waals surface area contributed by atoms with E-state index in [0.717, 1.165) is 44.0 Å². The predicted octanol–water partition coefficient (Wildman–Crippen LogP) is 4.66. The number of aromatic nitrogens is 4. The topological polar surface area (TPSA) is 80.9 Å². The maximum atomic E-state index is 13.5. The Morgan fingerprint density at radius 1 is 1.09 bits per heavy atom. The normalized spacial score (nSPS) is 41.8. The molecule has 0 saturated heterocycles. The monoisotopic (exact) mass is 472 g/mol. The maximum absolute atomic E-state index is 13.5. The van der Waals surface area contributed by atoms with Crippen LogP contribution in [0.2, 0.25) is 0 Å². The van der Waals surface area contributed by atoms with Crippen LogP contribution in [0.15, 0.2) is 18.5 Å². The van der Waals surface area contributed by atoms with E-state index >= 15 is 0 Å². The third-order valence-electron chi connectivity index (χ3n) is 10.4. The van der Waals surface area contributed by atoms with Gasteiger partial charge in [-0.2, -0.15) is 15.0 Å². The van der Waals surface area contributed by atoms with Crippen LogP contribution < -0.4 is 0 Å². The van der Waals surface area contributed by atoms with Crippen molar-refractivity contribution < 1.29 is 18.7 Å². The van der Waals surface area contributed by atoms with Crippen molar-refractivity contribution in [1.29, 1.82) is 0 Å². The Kier molecular flexibility index (Phi) is 5.32. The number of alkyl halides is 2. The van der Waals surface area contributed by atoms with Crippen LogP contribution in [0.4, 0.5) is 8.78 Å². The molecule has 2 aromatic heterocycles. The van der Waals surface area contributed by atoms with E-state index in [9.17, 15) is 18.7 Å². The quantitative estimate of drug-likeness (QED) is 0.700. The molecule has 34 heavy (non-hydrogen) atoms. The van der Waals surface area contributed by atoms with Gasteiger partial charge in [0.1, 0.15) is 23.2 Å². The van der Waals surface area contributed by atoms with Crippen LogP contribution in [-0.4, -0.2) is 42.9 Å². The number of pyridine rings is 1. The minimum atomic E-state index is -2.65. The highest BCUT2D eigenvalue weighted by Crippen LogP contribution is 2.65. The number of halogens is 2. The summed E-state index contributed by atoms with van der Waals surface area (Å²) in [5, 5.41) is 19.3. The van der Waals surface area contributed by atoms with Crippen molar-refractivity contribution in [2.75, 3.05) is 0 Å². The molecule has 0 bridgehead atoms. The molecule has 4 aliphatic rings. The summed E-state index contributed by atoms with van der Waals surface area (Å²) in [5.41, 5.74) is -0.336. The fourth-order valence-corrected chi connectivity index (χ4v) is 8.77. The van der Waals surface area contributed by atoms with Gasteiger partial charge in [-0.05, 0) is 98.9 Å². The zero-order valence-electron chi connectivity index (χ0n) is 19.7. The molecule has 0 spiro atoms. The molecule has 8 atom stereocenters. The van der Waals surface area contributed by atoms with E-state index in [2.05, 4.69) is 22.1 Å². The third kappa shape index (κ3) is 3.42. The molecule has 2 aromatic rings. The Hall–Kier alpha value is -1.96. The summed E-state index contributed by atoms with van der Waals surface area (Å²) in [7, 11) is 0. The second kappa shape index (κ2) is 8.04. The number of carbonyl (C=O) groups is 1. The fourth-order valence-electron chi connectivity index (χ4n) is 8.77. The minimum Gasteiger partial charge on any atom is -0.384 e. The Bertz CT molecular complexity index is 1060. The molecular weight excluding hydrogens is 438 g/mol. The van der Waals surface area contributed by atoms with Crippen molar-refractivity contribution in [1.82, 2.24) is 20.0 Å². The first-order chi connectivity index (χ1) is 16.3. The van der Waals surface area contributed by atoms with Crippen LogP contribution in [0.5, 0.6) is 0 Å². The smallest absolute Gasteiger partial charge is 0.266 e. The van der Waals surface area contributed by atoms with E-state index in [4.69, 9.17) is 0 Å². The molecule has 1 unspecified atom stereocenters. The van der Waals surface area contributed by atoms with E-state index in [1.807, 2.05) is 0 Å². The number of hydrogen-bond acceptors (Lipinski definition) is 5. The molecule has 0 amide bonds. The van der Waals surface area contributed by atoms with Gasteiger partial charge < -0.3 is 5.11 Å². The van der Waals surface area contributed by atoms with Gasteiger partial charge in [0.2, 0.25) is 0 Å². The molecule has 4 fully saturated rings.